The van der Waals surface area contributed by atoms with E-state index in [9.17, 15) is 4.79 Å². The number of hydrazone groups is 1. The molecule has 0 spiro atoms. The van der Waals surface area contributed by atoms with E-state index in [1.807, 2.05) is 38.1 Å². The molecule has 0 aliphatic carbocycles. The van der Waals surface area contributed by atoms with Crippen molar-refractivity contribution in [3.8, 4) is 23.0 Å². The summed E-state index contributed by atoms with van der Waals surface area (Å²) in [6, 6.07) is 10.6. The number of rotatable bonds is 8. The molecule has 0 heterocycles. The van der Waals surface area contributed by atoms with E-state index < -0.39 is 0 Å². The predicted molar refractivity (Wildman–Crippen MR) is 103 cm³/mol. The second-order valence-corrected chi connectivity index (χ2v) is 5.51. The highest BCUT2D eigenvalue weighted by Gasteiger charge is 2.16. The number of hydrogen-bond donors (Lipinski definition) is 1. The Morgan fingerprint density at radius 1 is 0.963 bits per heavy atom. The minimum Gasteiger partial charge on any atom is -0.494 e. The number of benzene rings is 2. The summed E-state index contributed by atoms with van der Waals surface area (Å²) in [5.41, 5.74) is 4.43. The molecular formula is C20H24N2O5. The maximum absolute atomic E-state index is 12.5. The molecule has 0 aliphatic heterocycles. The third kappa shape index (κ3) is 4.91. The number of hydrogen-bond acceptors (Lipinski definition) is 6. The van der Waals surface area contributed by atoms with Crippen molar-refractivity contribution in [3.63, 3.8) is 0 Å². The lowest BCUT2D eigenvalue weighted by Crippen LogP contribution is -2.19. The van der Waals surface area contributed by atoms with Crippen LogP contribution in [0, 0.1) is 0 Å². The first-order valence-electron chi connectivity index (χ1n) is 8.41. The van der Waals surface area contributed by atoms with Gasteiger partial charge in [0.2, 0.25) is 5.75 Å². The van der Waals surface area contributed by atoms with Crippen LogP contribution in [-0.2, 0) is 0 Å². The fourth-order valence-corrected chi connectivity index (χ4v) is 2.43. The van der Waals surface area contributed by atoms with E-state index in [1.54, 1.807) is 12.1 Å². The zero-order valence-electron chi connectivity index (χ0n) is 16.2. The fourth-order valence-electron chi connectivity index (χ4n) is 2.43. The number of carbonyl (C=O) groups is 1. The molecule has 0 aromatic heterocycles. The highest BCUT2D eigenvalue weighted by molar-refractivity contribution is 6.01. The van der Waals surface area contributed by atoms with E-state index >= 15 is 0 Å². The summed E-state index contributed by atoms with van der Waals surface area (Å²) in [5, 5.41) is 4.16. The molecule has 0 saturated heterocycles. The quantitative estimate of drug-likeness (QED) is 0.568. The summed E-state index contributed by atoms with van der Waals surface area (Å²) in [6.07, 6.45) is 0. The molecule has 0 fully saturated rings. The van der Waals surface area contributed by atoms with Crippen LogP contribution in [0.25, 0.3) is 0 Å². The first-order valence-corrected chi connectivity index (χ1v) is 8.41. The number of amides is 1. The molecule has 2 aromatic rings. The van der Waals surface area contributed by atoms with Crippen molar-refractivity contribution in [1.82, 2.24) is 5.43 Å². The molecule has 0 atom stereocenters. The molecule has 2 aromatic carbocycles. The van der Waals surface area contributed by atoms with E-state index in [4.69, 9.17) is 18.9 Å². The summed E-state index contributed by atoms with van der Waals surface area (Å²) in [6.45, 7) is 4.35. The van der Waals surface area contributed by atoms with Gasteiger partial charge in [-0.05, 0) is 55.8 Å². The minimum atomic E-state index is -0.389. The number of carbonyl (C=O) groups excluding carboxylic acids is 1. The Morgan fingerprint density at radius 3 is 2.04 bits per heavy atom. The normalized spacial score (nSPS) is 10.9. The van der Waals surface area contributed by atoms with Gasteiger partial charge in [-0.3, -0.25) is 4.79 Å². The van der Waals surface area contributed by atoms with Crippen LogP contribution in [0.5, 0.6) is 23.0 Å². The Hall–Kier alpha value is -3.22. The van der Waals surface area contributed by atoms with Gasteiger partial charge in [0.15, 0.2) is 11.5 Å². The van der Waals surface area contributed by atoms with E-state index in [-0.39, 0.29) is 5.91 Å². The number of nitrogens with zero attached hydrogens (tertiary/aromatic N) is 1. The van der Waals surface area contributed by atoms with Crippen LogP contribution in [-0.4, -0.2) is 39.6 Å². The second-order valence-electron chi connectivity index (χ2n) is 5.51. The lowest BCUT2D eigenvalue weighted by atomic mass is 10.1. The Balaban J connectivity index is 2.17. The maximum Gasteiger partial charge on any atom is 0.271 e. The van der Waals surface area contributed by atoms with Gasteiger partial charge in [-0.15, -0.1) is 0 Å². The highest BCUT2D eigenvalue weighted by atomic mass is 16.5. The summed E-state index contributed by atoms with van der Waals surface area (Å²) in [5.74, 6) is 1.61. The summed E-state index contributed by atoms with van der Waals surface area (Å²) in [4.78, 5) is 12.5. The molecule has 0 saturated carbocycles. The van der Waals surface area contributed by atoms with Crippen molar-refractivity contribution in [2.45, 2.75) is 13.8 Å². The van der Waals surface area contributed by atoms with E-state index in [2.05, 4.69) is 10.5 Å². The van der Waals surface area contributed by atoms with Crippen LogP contribution in [0.3, 0.4) is 0 Å². The molecule has 2 rings (SSSR count). The SMILES string of the molecule is CCOc1ccc(C(C)=NNC(=O)c2cc(OC)c(OC)c(OC)c2)cc1. The maximum atomic E-state index is 12.5. The largest absolute Gasteiger partial charge is 0.494 e. The summed E-state index contributed by atoms with van der Waals surface area (Å²) < 4.78 is 21.2. The molecule has 0 radical (unpaired) electrons. The molecule has 7 heteroatoms. The monoisotopic (exact) mass is 372 g/mol. The van der Waals surface area contributed by atoms with Gasteiger partial charge in [0.25, 0.3) is 5.91 Å². The topological polar surface area (TPSA) is 78.4 Å². The standard InChI is InChI=1S/C20H24N2O5/c1-6-27-16-9-7-14(8-10-16)13(2)21-22-20(23)15-11-17(24-3)19(26-5)18(12-15)25-4/h7-12H,6H2,1-5H3,(H,22,23). The molecule has 27 heavy (non-hydrogen) atoms. The van der Waals surface area contributed by atoms with Crippen LogP contribution in [0.1, 0.15) is 29.8 Å². The van der Waals surface area contributed by atoms with Crippen LogP contribution in [0.15, 0.2) is 41.5 Å². The van der Waals surface area contributed by atoms with Gasteiger partial charge in [0, 0.05) is 5.56 Å². The van der Waals surface area contributed by atoms with Gasteiger partial charge >= 0.3 is 0 Å². The molecule has 1 amide bonds. The first kappa shape index (κ1) is 20.1. The lowest BCUT2D eigenvalue weighted by molar-refractivity contribution is 0.0954. The molecule has 0 bridgehead atoms. The number of methoxy groups -OCH3 is 3. The van der Waals surface area contributed by atoms with Gasteiger partial charge in [-0.25, -0.2) is 5.43 Å². The Labute approximate surface area is 158 Å². The second kappa shape index (κ2) is 9.47. The summed E-state index contributed by atoms with van der Waals surface area (Å²) in [7, 11) is 4.49. The average molecular weight is 372 g/mol. The van der Waals surface area contributed by atoms with E-state index in [0.29, 0.717) is 35.1 Å². The zero-order valence-corrected chi connectivity index (χ0v) is 16.2. The van der Waals surface area contributed by atoms with Gasteiger partial charge < -0.3 is 18.9 Å². The van der Waals surface area contributed by atoms with Crippen LogP contribution in [0.2, 0.25) is 0 Å². The lowest BCUT2D eigenvalue weighted by Gasteiger charge is -2.13. The van der Waals surface area contributed by atoms with Gasteiger partial charge in [0.1, 0.15) is 5.75 Å². The average Bonchev–Trinajstić information content (AvgIpc) is 2.71. The van der Waals surface area contributed by atoms with Crippen molar-refractivity contribution in [2.75, 3.05) is 27.9 Å². The Morgan fingerprint density at radius 2 is 1.56 bits per heavy atom. The summed E-state index contributed by atoms with van der Waals surface area (Å²) >= 11 is 0. The molecule has 0 unspecified atom stereocenters. The first-order chi connectivity index (χ1) is 13.0. The van der Waals surface area contributed by atoms with E-state index in [1.165, 1.54) is 21.3 Å². The third-order valence-electron chi connectivity index (χ3n) is 3.84. The van der Waals surface area contributed by atoms with Crippen molar-refractivity contribution >= 4 is 11.6 Å². The number of ether oxygens (including phenoxy) is 4. The highest BCUT2D eigenvalue weighted by Crippen LogP contribution is 2.38. The zero-order chi connectivity index (χ0) is 19.8. The molecule has 0 aliphatic rings. The van der Waals surface area contributed by atoms with Crippen LogP contribution in [0.4, 0.5) is 0 Å². The Kier molecular flexibility index (Phi) is 7.05. The van der Waals surface area contributed by atoms with Crippen LogP contribution < -0.4 is 24.4 Å². The molecular weight excluding hydrogens is 348 g/mol. The fraction of sp³-hybridized carbons (Fsp3) is 0.300. The van der Waals surface area contributed by atoms with Crippen molar-refractivity contribution in [3.05, 3.63) is 47.5 Å². The predicted octanol–water partition coefficient (Wildman–Crippen LogP) is 3.27. The Bertz CT molecular complexity index is 791. The molecule has 144 valence electrons. The van der Waals surface area contributed by atoms with Crippen LogP contribution >= 0.6 is 0 Å². The smallest absolute Gasteiger partial charge is 0.271 e. The molecule has 1 N–H and O–H groups in total. The van der Waals surface area contributed by atoms with Gasteiger partial charge in [0.05, 0.1) is 33.6 Å². The van der Waals surface area contributed by atoms with Gasteiger partial charge in [-0.1, -0.05) is 0 Å². The van der Waals surface area contributed by atoms with Crippen molar-refractivity contribution < 1.29 is 23.7 Å². The third-order valence-corrected chi connectivity index (χ3v) is 3.84. The molecule has 7 nitrogen and oxygen atoms in total. The minimum absolute atomic E-state index is 0.341. The van der Waals surface area contributed by atoms with E-state index in [0.717, 1.165) is 11.3 Å². The van der Waals surface area contributed by atoms with Crippen molar-refractivity contribution in [2.24, 2.45) is 5.10 Å². The van der Waals surface area contributed by atoms with Gasteiger partial charge in [-0.2, -0.15) is 5.10 Å². The van der Waals surface area contributed by atoms with Crippen molar-refractivity contribution in [1.29, 1.82) is 0 Å². The number of nitrogens with one attached hydrogen (secondary N) is 1.